The van der Waals surface area contributed by atoms with Crippen molar-refractivity contribution in [3.8, 4) is 11.4 Å². The first-order valence-corrected chi connectivity index (χ1v) is 7.53. The van der Waals surface area contributed by atoms with Gasteiger partial charge >= 0.3 is 5.69 Å². The zero-order valence-corrected chi connectivity index (χ0v) is 12.3. The number of nitrogens with one attached hydrogen (secondary N) is 1. The van der Waals surface area contributed by atoms with Gasteiger partial charge in [0.05, 0.1) is 11.2 Å². The van der Waals surface area contributed by atoms with Gasteiger partial charge in [0.15, 0.2) is 0 Å². The summed E-state index contributed by atoms with van der Waals surface area (Å²) < 4.78 is 5.99. The summed E-state index contributed by atoms with van der Waals surface area (Å²) in [5.41, 5.74) is 0.999. The quantitative estimate of drug-likeness (QED) is 0.799. The molecule has 0 unspecified atom stereocenters. The van der Waals surface area contributed by atoms with Crippen LogP contribution in [0.2, 0.25) is 0 Å². The van der Waals surface area contributed by atoms with E-state index < -0.39 is 5.69 Å². The highest BCUT2D eigenvalue weighted by Crippen LogP contribution is 2.24. The Balaban J connectivity index is 2.21. The fourth-order valence-electron chi connectivity index (χ4n) is 2.14. The summed E-state index contributed by atoms with van der Waals surface area (Å²) in [6, 6.07) is 5.45. The first kappa shape index (κ1) is 13.7. The van der Waals surface area contributed by atoms with E-state index in [1.807, 2.05) is 13.0 Å². The molecular weight excluding hydrogens is 288 g/mol. The Bertz CT molecular complexity index is 879. The predicted octanol–water partition coefficient (Wildman–Crippen LogP) is 2.01. The zero-order valence-electron chi connectivity index (χ0n) is 11.5. The normalized spacial score (nSPS) is 11.1. The van der Waals surface area contributed by atoms with Crippen molar-refractivity contribution in [1.29, 1.82) is 0 Å². The second kappa shape index (κ2) is 5.61. The van der Waals surface area contributed by atoms with Crippen LogP contribution in [0.1, 0.15) is 19.8 Å². The van der Waals surface area contributed by atoms with Crippen LogP contribution in [-0.2, 0) is 6.54 Å². The van der Waals surface area contributed by atoms with Gasteiger partial charge in [0.2, 0.25) is 0 Å². The molecule has 0 aliphatic rings. The highest BCUT2D eigenvalue weighted by Gasteiger charge is 2.15. The topological polar surface area (TPSA) is 80.6 Å². The van der Waals surface area contributed by atoms with E-state index in [0.717, 1.165) is 24.4 Å². The number of hydrogen-bond acceptors (Lipinski definition) is 5. The van der Waals surface area contributed by atoms with E-state index in [0.29, 0.717) is 28.1 Å². The van der Waals surface area contributed by atoms with Crippen LogP contribution in [0.3, 0.4) is 0 Å². The lowest BCUT2D eigenvalue weighted by Gasteiger charge is -2.03. The average molecular weight is 302 g/mol. The van der Waals surface area contributed by atoms with Gasteiger partial charge in [-0.25, -0.2) is 4.79 Å². The molecule has 3 aromatic heterocycles. The van der Waals surface area contributed by atoms with Crippen molar-refractivity contribution in [2.75, 3.05) is 0 Å². The molecule has 21 heavy (non-hydrogen) atoms. The van der Waals surface area contributed by atoms with Crippen LogP contribution in [0.4, 0.5) is 0 Å². The van der Waals surface area contributed by atoms with Gasteiger partial charge in [0, 0.05) is 12.7 Å². The summed E-state index contributed by atoms with van der Waals surface area (Å²) >= 11 is 1.10. The van der Waals surface area contributed by atoms with Crippen LogP contribution in [0.25, 0.3) is 21.6 Å². The minimum atomic E-state index is -0.390. The number of hydrogen-bond donors (Lipinski definition) is 1. The Morgan fingerprint density at radius 2 is 2.19 bits per heavy atom. The number of rotatable bonds is 4. The molecule has 7 heteroatoms. The molecule has 0 bridgehead atoms. The molecule has 1 N–H and O–H groups in total. The van der Waals surface area contributed by atoms with Crippen LogP contribution in [0.15, 0.2) is 34.0 Å². The Kier molecular flexibility index (Phi) is 3.66. The van der Waals surface area contributed by atoms with Crippen molar-refractivity contribution in [2.45, 2.75) is 26.3 Å². The number of nitrogens with zero attached hydrogens (tertiary/aromatic N) is 3. The number of pyridine rings is 1. The minimum absolute atomic E-state index is 0.276. The summed E-state index contributed by atoms with van der Waals surface area (Å²) in [5, 5.41) is 0. The standard InChI is InChI=1S/C14H14N4O2S/c1-2-3-8-18-13(19)12-11(16-14(18)20)10(17-21-12)9-6-4-5-7-15-9/h4-7H,2-3,8H2,1H3,(H,16,20). The molecule has 108 valence electrons. The molecule has 0 atom stereocenters. The SMILES string of the molecule is CCCCn1c(=O)[nH]c2c(-c3ccccn3)nsc2c1=O. The van der Waals surface area contributed by atoms with E-state index in [1.165, 1.54) is 4.57 Å². The van der Waals surface area contributed by atoms with Crippen LogP contribution in [-0.4, -0.2) is 18.9 Å². The van der Waals surface area contributed by atoms with Crippen molar-refractivity contribution >= 4 is 21.7 Å². The summed E-state index contributed by atoms with van der Waals surface area (Å²) in [5.74, 6) is 0. The van der Waals surface area contributed by atoms with Gasteiger partial charge in [0.1, 0.15) is 10.4 Å². The lowest BCUT2D eigenvalue weighted by Crippen LogP contribution is -2.34. The predicted molar refractivity (Wildman–Crippen MR) is 82.6 cm³/mol. The largest absolute Gasteiger partial charge is 0.328 e. The molecule has 6 nitrogen and oxygen atoms in total. The monoisotopic (exact) mass is 302 g/mol. The van der Waals surface area contributed by atoms with Crippen LogP contribution in [0.5, 0.6) is 0 Å². The van der Waals surface area contributed by atoms with E-state index in [2.05, 4.69) is 14.3 Å². The Morgan fingerprint density at radius 3 is 2.90 bits per heavy atom. The van der Waals surface area contributed by atoms with Gasteiger partial charge in [-0.1, -0.05) is 19.4 Å². The van der Waals surface area contributed by atoms with Gasteiger partial charge in [-0.05, 0) is 30.1 Å². The Hall–Kier alpha value is -2.28. The van der Waals surface area contributed by atoms with Gasteiger partial charge in [-0.15, -0.1) is 0 Å². The minimum Gasteiger partial charge on any atom is -0.304 e. The molecule has 3 aromatic rings. The number of aromatic amines is 1. The zero-order chi connectivity index (χ0) is 14.8. The third-order valence-corrected chi connectivity index (χ3v) is 4.09. The maximum atomic E-state index is 12.4. The summed E-state index contributed by atoms with van der Waals surface area (Å²) in [7, 11) is 0. The summed E-state index contributed by atoms with van der Waals surface area (Å²) in [6.45, 7) is 2.45. The third-order valence-electron chi connectivity index (χ3n) is 3.25. The van der Waals surface area contributed by atoms with Gasteiger partial charge in [0.25, 0.3) is 5.56 Å². The molecule has 0 radical (unpaired) electrons. The third kappa shape index (κ3) is 2.40. The number of unbranched alkanes of at least 4 members (excludes halogenated alkanes) is 1. The summed E-state index contributed by atoms with van der Waals surface area (Å²) in [6.07, 6.45) is 3.37. The number of fused-ring (bicyclic) bond motifs is 1. The fourth-order valence-corrected chi connectivity index (χ4v) is 2.93. The lowest BCUT2D eigenvalue weighted by atomic mass is 10.2. The Labute approximate surface area is 124 Å². The van der Waals surface area contributed by atoms with Gasteiger partial charge in [-0.2, -0.15) is 4.37 Å². The van der Waals surface area contributed by atoms with Crippen molar-refractivity contribution < 1.29 is 0 Å². The molecule has 0 saturated heterocycles. The molecule has 0 fully saturated rings. The molecule has 0 spiro atoms. The van der Waals surface area contributed by atoms with Crippen LogP contribution in [0, 0.1) is 0 Å². The molecule has 3 heterocycles. The van der Waals surface area contributed by atoms with E-state index in [9.17, 15) is 9.59 Å². The average Bonchev–Trinajstić information content (AvgIpc) is 2.92. The second-order valence-corrected chi connectivity index (χ2v) is 5.46. The number of aromatic nitrogens is 4. The molecule has 3 rings (SSSR count). The smallest absolute Gasteiger partial charge is 0.304 e. The summed E-state index contributed by atoms with van der Waals surface area (Å²) in [4.78, 5) is 31.5. The van der Waals surface area contributed by atoms with E-state index in [4.69, 9.17) is 0 Å². The van der Waals surface area contributed by atoms with Crippen LogP contribution >= 0.6 is 11.5 Å². The van der Waals surface area contributed by atoms with Crippen molar-refractivity contribution in [2.24, 2.45) is 0 Å². The highest BCUT2D eigenvalue weighted by atomic mass is 32.1. The first-order chi connectivity index (χ1) is 10.2. The molecule has 0 aromatic carbocycles. The Morgan fingerprint density at radius 1 is 1.33 bits per heavy atom. The van der Waals surface area contributed by atoms with Crippen molar-refractivity contribution in [3.05, 3.63) is 45.2 Å². The van der Waals surface area contributed by atoms with Crippen molar-refractivity contribution in [1.82, 2.24) is 18.9 Å². The molecule has 0 aliphatic carbocycles. The molecule has 0 saturated carbocycles. The lowest BCUT2D eigenvalue weighted by molar-refractivity contribution is 0.590. The molecular formula is C14H14N4O2S. The van der Waals surface area contributed by atoms with Crippen molar-refractivity contribution in [3.63, 3.8) is 0 Å². The van der Waals surface area contributed by atoms with Gasteiger partial charge in [-0.3, -0.25) is 14.3 Å². The second-order valence-electron chi connectivity index (χ2n) is 4.69. The fraction of sp³-hybridized carbons (Fsp3) is 0.286. The molecule has 0 aliphatic heterocycles. The van der Waals surface area contributed by atoms with E-state index >= 15 is 0 Å². The van der Waals surface area contributed by atoms with Gasteiger partial charge < -0.3 is 4.98 Å². The van der Waals surface area contributed by atoms with E-state index in [1.54, 1.807) is 18.3 Å². The maximum Gasteiger partial charge on any atom is 0.328 e. The van der Waals surface area contributed by atoms with E-state index in [-0.39, 0.29) is 5.56 Å². The maximum absolute atomic E-state index is 12.4. The first-order valence-electron chi connectivity index (χ1n) is 6.76. The van der Waals surface area contributed by atoms with Crippen LogP contribution < -0.4 is 11.2 Å². The number of H-pyrrole nitrogens is 1. The highest BCUT2D eigenvalue weighted by molar-refractivity contribution is 7.13. The molecule has 0 amide bonds.